The number of halogens is 1. The normalized spacial score (nSPS) is 10.1. The monoisotopic (exact) mass is 463 g/mol. The van der Waals surface area contributed by atoms with Crippen LogP contribution in [-0.2, 0) is 4.79 Å². The fraction of sp³-hybridized carbons (Fsp3) is 0.250. The lowest BCUT2D eigenvalue weighted by atomic mass is 10.1. The molecular weight excluding hydrogens is 442 g/mol. The van der Waals surface area contributed by atoms with E-state index in [1.165, 1.54) is 0 Å². The first-order chi connectivity index (χ1) is 13.3. The van der Waals surface area contributed by atoms with Gasteiger partial charge in [-0.05, 0) is 77.9 Å². The van der Waals surface area contributed by atoms with Gasteiger partial charge in [-0.1, -0.05) is 13.0 Å². The van der Waals surface area contributed by atoms with Crippen molar-refractivity contribution in [2.75, 3.05) is 17.2 Å². The number of carbonyl (C=O) groups excluding carboxylic acids is 2. The number of benzene rings is 2. The Kier molecular flexibility index (Phi) is 7.95. The van der Waals surface area contributed by atoms with Crippen LogP contribution in [0.5, 0.6) is 5.75 Å². The Morgan fingerprint density at radius 2 is 1.79 bits per heavy atom. The van der Waals surface area contributed by atoms with E-state index in [2.05, 4.69) is 31.9 Å². The van der Waals surface area contributed by atoms with E-state index in [0.717, 1.165) is 5.56 Å². The van der Waals surface area contributed by atoms with E-state index in [-0.39, 0.29) is 16.9 Å². The average Bonchev–Trinajstić information content (AvgIpc) is 2.66. The van der Waals surface area contributed by atoms with Gasteiger partial charge in [0.2, 0.25) is 5.91 Å². The molecule has 0 aliphatic heterocycles. The van der Waals surface area contributed by atoms with Crippen LogP contribution in [0.4, 0.5) is 11.4 Å². The van der Waals surface area contributed by atoms with Crippen molar-refractivity contribution >= 4 is 56.4 Å². The second-order valence-corrected chi connectivity index (χ2v) is 7.13. The molecule has 28 heavy (non-hydrogen) atoms. The lowest BCUT2D eigenvalue weighted by molar-refractivity contribution is -0.115. The summed E-state index contributed by atoms with van der Waals surface area (Å²) >= 11 is 8.65. The first-order valence-electron chi connectivity index (χ1n) is 8.79. The minimum Gasteiger partial charge on any atom is -0.493 e. The number of rotatable bonds is 6. The molecule has 2 amide bonds. The fourth-order valence-electron chi connectivity index (χ4n) is 2.39. The van der Waals surface area contributed by atoms with Gasteiger partial charge in [0.25, 0.3) is 5.91 Å². The number of hydrogen-bond donors (Lipinski definition) is 3. The molecule has 0 unspecified atom stereocenters. The Labute approximate surface area is 178 Å². The summed E-state index contributed by atoms with van der Waals surface area (Å²) in [6.45, 7) is 6.08. The van der Waals surface area contributed by atoms with Crippen molar-refractivity contribution in [1.29, 1.82) is 0 Å². The van der Waals surface area contributed by atoms with Crippen molar-refractivity contribution in [2.45, 2.75) is 27.2 Å². The molecule has 6 nitrogen and oxygen atoms in total. The van der Waals surface area contributed by atoms with E-state index in [4.69, 9.17) is 17.0 Å². The largest absolute Gasteiger partial charge is 0.493 e. The highest BCUT2D eigenvalue weighted by molar-refractivity contribution is 9.10. The summed E-state index contributed by atoms with van der Waals surface area (Å²) < 4.78 is 6.14. The number of hydrogen-bond acceptors (Lipinski definition) is 4. The Morgan fingerprint density at radius 1 is 1.11 bits per heavy atom. The molecule has 3 N–H and O–H groups in total. The van der Waals surface area contributed by atoms with E-state index in [0.29, 0.717) is 40.2 Å². The second kappa shape index (κ2) is 10.2. The quantitative estimate of drug-likeness (QED) is 0.544. The second-order valence-electron chi connectivity index (χ2n) is 5.87. The highest BCUT2D eigenvalue weighted by atomic mass is 79.9. The minimum absolute atomic E-state index is 0.0720. The van der Waals surface area contributed by atoms with Crippen molar-refractivity contribution in [3.8, 4) is 5.75 Å². The Morgan fingerprint density at radius 3 is 2.39 bits per heavy atom. The molecule has 0 heterocycles. The van der Waals surface area contributed by atoms with Crippen molar-refractivity contribution in [3.05, 3.63) is 52.0 Å². The number of amides is 2. The third kappa shape index (κ3) is 5.77. The topological polar surface area (TPSA) is 79.5 Å². The third-order valence-corrected chi connectivity index (χ3v) is 4.72. The van der Waals surface area contributed by atoms with E-state index >= 15 is 0 Å². The lowest BCUT2D eigenvalue weighted by Crippen LogP contribution is -2.34. The molecular formula is C20H22BrN3O3S. The molecule has 0 saturated carbocycles. The van der Waals surface area contributed by atoms with Crippen molar-refractivity contribution in [1.82, 2.24) is 5.32 Å². The fourth-order valence-corrected chi connectivity index (χ4v) is 3.08. The molecule has 148 valence electrons. The summed E-state index contributed by atoms with van der Waals surface area (Å²) in [4.78, 5) is 24.1. The first kappa shape index (κ1) is 21.8. The molecule has 0 aromatic heterocycles. The predicted octanol–water partition coefficient (Wildman–Crippen LogP) is 4.63. The van der Waals surface area contributed by atoms with E-state index in [1.54, 1.807) is 31.2 Å². The zero-order valence-electron chi connectivity index (χ0n) is 15.9. The van der Waals surface area contributed by atoms with Crippen molar-refractivity contribution in [3.63, 3.8) is 0 Å². The van der Waals surface area contributed by atoms with Crippen LogP contribution in [0.2, 0.25) is 0 Å². The zero-order chi connectivity index (χ0) is 20.7. The zero-order valence-corrected chi connectivity index (χ0v) is 18.3. The average molecular weight is 464 g/mol. The molecule has 0 bridgehead atoms. The number of thiocarbonyl (C=S) groups is 1. The molecule has 0 saturated heterocycles. The van der Waals surface area contributed by atoms with Gasteiger partial charge in [-0.3, -0.25) is 14.9 Å². The van der Waals surface area contributed by atoms with Crippen LogP contribution in [0.1, 0.15) is 36.2 Å². The summed E-state index contributed by atoms with van der Waals surface area (Å²) in [5, 5.41) is 8.65. The minimum atomic E-state index is -0.339. The molecule has 2 rings (SSSR count). The Hall–Kier alpha value is -2.45. The van der Waals surface area contributed by atoms with Crippen molar-refractivity contribution in [2.24, 2.45) is 0 Å². The molecule has 2 aromatic carbocycles. The van der Waals surface area contributed by atoms with Gasteiger partial charge < -0.3 is 15.4 Å². The molecule has 0 fully saturated rings. The maximum absolute atomic E-state index is 12.4. The van der Waals surface area contributed by atoms with Crippen LogP contribution in [0.3, 0.4) is 0 Å². The van der Waals surface area contributed by atoms with Gasteiger partial charge in [0.1, 0.15) is 5.75 Å². The summed E-state index contributed by atoms with van der Waals surface area (Å²) in [5.74, 6) is 0.257. The standard InChI is InChI=1S/C20H22BrN3O3S/c1-4-18(25)22-15-7-6-8-16(12(15)3)23-20(28)24-19(26)13-9-10-17(27-5-2)14(21)11-13/h6-11H,4-5H2,1-3H3,(H,22,25)(H2,23,24,26,28). The summed E-state index contributed by atoms with van der Waals surface area (Å²) in [5.41, 5.74) is 2.67. The van der Waals surface area contributed by atoms with Gasteiger partial charge in [-0.2, -0.15) is 0 Å². The van der Waals surface area contributed by atoms with E-state index in [1.807, 2.05) is 26.0 Å². The van der Waals surface area contributed by atoms with Crippen LogP contribution >= 0.6 is 28.1 Å². The van der Waals surface area contributed by atoms with Gasteiger partial charge in [-0.25, -0.2) is 0 Å². The van der Waals surface area contributed by atoms with Crippen LogP contribution < -0.4 is 20.7 Å². The summed E-state index contributed by atoms with van der Waals surface area (Å²) in [6, 6.07) is 10.5. The molecule has 0 radical (unpaired) electrons. The molecule has 0 aliphatic carbocycles. The van der Waals surface area contributed by atoms with Crippen LogP contribution in [-0.4, -0.2) is 23.5 Å². The van der Waals surface area contributed by atoms with Crippen LogP contribution in [0.25, 0.3) is 0 Å². The number of ether oxygens (including phenoxy) is 1. The SMILES string of the molecule is CCOc1ccc(C(=O)NC(=S)Nc2cccc(NC(=O)CC)c2C)cc1Br. The molecule has 2 aromatic rings. The van der Waals surface area contributed by atoms with Crippen LogP contribution in [0.15, 0.2) is 40.9 Å². The number of carbonyl (C=O) groups is 2. The van der Waals surface area contributed by atoms with Gasteiger partial charge in [0, 0.05) is 23.4 Å². The maximum atomic E-state index is 12.4. The smallest absolute Gasteiger partial charge is 0.257 e. The third-order valence-electron chi connectivity index (χ3n) is 3.90. The van der Waals surface area contributed by atoms with E-state index < -0.39 is 0 Å². The summed E-state index contributed by atoms with van der Waals surface area (Å²) in [6.07, 6.45) is 0.392. The van der Waals surface area contributed by atoms with Gasteiger partial charge in [-0.15, -0.1) is 0 Å². The maximum Gasteiger partial charge on any atom is 0.257 e. The van der Waals surface area contributed by atoms with Crippen molar-refractivity contribution < 1.29 is 14.3 Å². The van der Waals surface area contributed by atoms with Gasteiger partial charge in [0.05, 0.1) is 11.1 Å². The van der Waals surface area contributed by atoms with Gasteiger partial charge >= 0.3 is 0 Å². The van der Waals surface area contributed by atoms with E-state index in [9.17, 15) is 9.59 Å². The Balaban J connectivity index is 2.06. The number of anilines is 2. The predicted molar refractivity (Wildman–Crippen MR) is 119 cm³/mol. The molecule has 0 aliphatic rings. The van der Waals surface area contributed by atoms with Gasteiger partial charge in [0.15, 0.2) is 5.11 Å². The highest BCUT2D eigenvalue weighted by Gasteiger charge is 2.12. The number of nitrogens with one attached hydrogen (secondary N) is 3. The highest BCUT2D eigenvalue weighted by Crippen LogP contribution is 2.26. The lowest BCUT2D eigenvalue weighted by Gasteiger charge is -2.15. The summed E-state index contributed by atoms with van der Waals surface area (Å²) in [7, 11) is 0. The first-order valence-corrected chi connectivity index (χ1v) is 10.00. The van der Waals surface area contributed by atoms with Crippen LogP contribution in [0, 0.1) is 6.92 Å². The molecule has 8 heteroatoms. The molecule has 0 spiro atoms. The Bertz CT molecular complexity index is 902. The molecule has 0 atom stereocenters.